The Labute approximate surface area is 101 Å². The smallest absolute Gasteiger partial charge is 0.122 e. The van der Waals surface area contributed by atoms with Crippen molar-refractivity contribution in [2.24, 2.45) is 0 Å². The lowest BCUT2D eigenvalue weighted by molar-refractivity contribution is 0.300. The maximum absolute atomic E-state index is 5.70. The first-order valence-electron chi connectivity index (χ1n) is 5.70. The summed E-state index contributed by atoms with van der Waals surface area (Å²) in [7, 11) is 0. The molecule has 0 amide bonds. The number of nitrogens with two attached hydrogens (primary N) is 1. The maximum Gasteiger partial charge on any atom is 0.122 e. The summed E-state index contributed by atoms with van der Waals surface area (Å²) in [6.07, 6.45) is 6.51. The molecule has 4 nitrogen and oxygen atoms in total. The lowest BCUT2D eigenvalue weighted by atomic mass is 10.2. The molecule has 0 saturated heterocycles. The lowest BCUT2D eigenvalue weighted by Crippen LogP contribution is -2.04. The van der Waals surface area contributed by atoms with Gasteiger partial charge in [0, 0.05) is 24.6 Å². The zero-order valence-corrected chi connectivity index (χ0v) is 9.97. The van der Waals surface area contributed by atoms with Gasteiger partial charge < -0.3 is 15.0 Å². The van der Waals surface area contributed by atoms with Crippen LogP contribution in [0.2, 0.25) is 0 Å². The zero-order chi connectivity index (χ0) is 12.1. The van der Waals surface area contributed by atoms with Crippen molar-refractivity contribution < 1.29 is 4.74 Å². The van der Waals surface area contributed by atoms with Crippen molar-refractivity contribution in [1.29, 1.82) is 0 Å². The van der Waals surface area contributed by atoms with Gasteiger partial charge in [-0.1, -0.05) is 0 Å². The molecule has 17 heavy (non-hydrogen) atoms. The minimum Gasteiger partial charge on any atom is -0.493 e. The van der Waals surface area contributed by atoms with Crippen LogP contribution in [0.5, 0.6) is 5.75 Å². The van der Waals surface area contributed by atoms with Crippen molar-refractivity contribution in [2.75, 3.05) is 12.3 Å². The van der Waals surface area contributed by atoms with Gasteiger partial charge in [-0.05, 0) is 37.1 Å². The number of nitrogens with zero attached hydrogens (tertiary/aromatic N) is 2. The van der Waals surface area contributed by atoms with E-state index in [4.69, 9.17) is 10.5 Å². The van der Waals surface area contributed by atoms with Crippen LogP contribution in [0.4, 0.5) is 5.69 Å². The van der Waals surface area contributed by atoms with Crippen molar-refractivity contribution in [1.82, 2.24) is 9.55 Å². The normalized spacial score (nSPS) is 10.4. The van der Waals surface area contributed by atoms with E-state index in [1.54, 1.807) is 6.20 Å². The molecule has 2 aromatic rings. The van der Waals surface area contributed by atoms with E-state index in [1.165, 1.54) is 0 Å². The number of hydrogen-bond donors (Lipinski definition) is 1. The number of ether oxygens (including phenoxy) is 1. The molecular weight excluding hydrogens is 214 g/mol. The molecule has 4 heteroatoms. The monoisotopic (exact) mass is 231 g/mol. The minimum atomic E-state index is 0.697. The second-order valence-corrected chi connectivity index (χ2v) is 4.03. The number of aromatic nitrogens is 2. The average Bonchev–Trinajstić information content (AvgIpc) is 2.79. The molecule has 0 spiro atoms. The predicted molar refractivity (Wildman–Crippen MR) is 67.9 cm³/mol. The Morgan fingerprint density at radius 3 is 3.00 bits per heavy atom. The maximum atomic E-state index is 5.70. The molecule has 0 unspecified atom stereocenters. The van der Waals surface area contributed by atoms with E-state index in [2.05, 4.69) is 4.98 Å². The molecule has 90 valence electrons. The highest BCUT2D eigenvalue weighted by molar-refractivity contribution is 5.47. The third-order valence-corrected chi connectivity index (χ3v) is 2.58. The summed E-state index contributed by atoms with van der Waals surface area (Å²) < 4.78 is 7.74. The van der Waals surface area contributed by atoms with Crippen molar-refractivity contribution in [3.63, 3.8) is 0 Å². The Hall–Kier alpha value is -1.97. The average molecular weight is 231 g/mol. The van der Waals surface area contributed by atoms with Crippen molar-refractivity contribution in [3.8, 4) is 5.75 Å². The van der Waals surface area contributed by atoms with Gasteiger partial charge in [-0.15, -0.1) is 0 Å². The van der Waals surface area contributed by atoms with Crippen molar-refractivity contribution >= 4 is 5.69 Å². The third-order valence-electron chi connectivity index (χ3n) is 2.58. The molecule has 0 atom stereocenters. The van der Waals surface area contributed by atoms with E-state index in [0.29, 0.717) is 6.61 Å². The molecule has 1 aromatic heterocycles. The van der Waals surface area contributed by atoms with Crippen LogP contribution in [0, 0.1) is 6.92 Å². The first-order valence-corrected chi connectivity index (χ1v) is 5.70. The predicted octanol–water partition coefficient (Wildman–Crippen LogP) is 2.24. The van der Waals surface area contributed by atoms with E-state index in [9.17, 15) is 0 Å². The van der Waals surface area contributed by atoms with Gasteiger partial charge in [-0.25, -0.2) is 4.98 Å². The molecule has 2 rings (SSSR count). The van der Waals surface area contributed by atoms with Gasteiger partial charge in [-0.2, -0.15) is 0 Å². The van der Waals surface area contributed by atoms with Crippen LogP contribution in [0.15, 0.2) is 36.9 Å². The Kier molecular flexibility index (Phi) is 3.65. The van der Waals surface area contributed by atoms with Gasteiger partial charge in [0.05, 0.1) is 12.9 Å². The van der Waals surface area contributed by atoms with Crippen LogP contribution in [0.1, 0.15) is 12.0 Å². The first kappa shape index (κ1) is 11.5. The van der Waals surface area contributed by atoms with Crippen molar-refractivity contribution in [2.45, 2.75) is 19.9 Å². The molecule has 0 aliphatic carbocycles. The highest BCUT2D eigenvalue weighted by Gasteiger charge is 1.99. The van der Waals surface area contributed by atoms with Gasteiger partial charge in [0.25, 0.3) is 0 Å². The lowest BCUT2D eigenvalue weighted by Gasteiger charge is -2.09. The Morgan fingerprint density at radius 1 is 1.41 bits per heavy atom. The van der Waals surface area contributed by atoms with Crippen molar-refractivity contribution in [3.05, 3.63) is 42.5 Å². The number of benzene rings is 1. The van der Waals surface area contributed by atoms with Crippen LogP contribution in [-0.2, 0) is 6.54 Å². The molecule has 1 aromatic carbocycles. The van der Waals surface area contributed by atoms with E-state index >= 15 is 0 Å². The summed E-state index contributed by atoms with van der Waals surface area (Å²) in [4.78, 5) is 3.99. The number of anilines is 1. The fourth-order valence-electron chi connectivity index (χ4n) is 1.68. The van der Waals surface area contributed by atoms with Crippen LogP contribution in [0.3, 0.4) is 0 Å². The van der Waals surface area contributed by atoms with Gasteiger partial charge in [0.2, 0.25) is 0 Å². The zero-order valence-electron chi connectivity index (χ0n) is 9.97. The van der Waals surface area contributed by atoms with Crippen LogP contribution >= 0.6 is 0 Å². The van der Waals surface area contributed by atoms with Crippen LogP contribution < -0.4 is 10.5 Å². The summed E-state index contributed by atoms with van der Waals surface area (Å²) in [5.41, 5.74) is 7.53. The standard InChI is InChI=1S/C13H17N3O/c1-11-9-12(14)3-4-13(11)17-8-2-6-16-7-5-15-10-16/h3-5,7,9-10H,2,6,8,14H2,1H3. The molecule has 0 saturated carbocycles. The highest BCUT2D eigenvalue weighted by Crippen LogP contribution is 2.20. The molecule has 1 heterocycles. The largest absolute Gasteiger partial charge is 0.493 e. The summed E-state index contributed by atoms with van der Waals surface area (Å²) in [5, 5.41) is 0. The summed E-state index contributed by atoms with van der Waals surface area (Å²) in [6, 6.07) is 5.70. The first-order chi connectivity index (χ1) is 8.25. The Balaban J connectivity index is 1.78. The molecule has 0 fully saturated rings. The number of imidazole rings is 1. The quantitative estimate of drug-likeness (QED) is 0.634. The summed E-state index contributed by atoms with van der Waals surface area (Å²) in [5.74, 6) is 0.907. The third kappa shape index (κ3) is 3.24. The van der Waals surface area contributed by atoms with Gasteiger partial charge in [0.1, 0.15) is 5.75 Å². The van der Waals surface area contributed by atoms with Gasteiger partial charge >= 0.3 is 0 Å². The molecule has 0 aliphatic heterocycles. The van der Waals surface area contributed by atoms with E-state index < -0.39 is 0 Å². The van der Waals surface area contributed by atoms with E-state index in [0.717, 1.165) is 30.0 Å². The van der Waals surface area contributed by atoms with E-state index in [1.807, 2.05) is 42.2 Å². The second-order valence-electron chi connectivity index (χ2n) is 4.03. The summed E-state index contributed by atoms with van der Waals surface area (Å²) >= 11 is 0. The van der Waals surface area contributed by atoms with E-state index in [-0.39, 0.29) is 0 Å². The second kappa shape index (κ2) is 5.39. The topological polar surface area (TPSA) is 53.1 Å². The Bertz CT molecular complexity index is 466. The molecule has 0 aliphatic rings. The van der Waals surface area contributed by atoms with Gasteiger partial charge in [-0.3, -0.25) is 0 Å². The number of hydrogen-bond acceptors (Lipinski definition) is 3. The number of nitrogen functional groups attached to an aromatic ring is 1. The SMILES string of the molecule is Cc1cc(N)ccc1OCCCn1ccnc1. The number of rotatable bonds is 5. The number of aryl methyl sites for hydroxylation is 2. The minimum absolute atomic E-state index is 0.697. The fourth-order valence-corrected chi connectivity index (χ4v) is 1.68. The van der Waals surface area contributed by atoms with Crippen LogP contribution in [-0.4, -0.2) is 16.2 Å². The molecule has 0 bridgehead atoms. The van der Waals surface area contributed by atoms with Crippen LogP contribution in [0.25, 0.3) is 0 Å². The van der Waals surface area contributed by atoms with Gasteiger partial charge in [0.15, 0.2) is 0 Å². The molecule has 0 radical (unpaired) electrons. The molecule has 2 N–H and O–H groups in total. The molecular formula is C13H17N3O. The Morgan fingerprint density at radius 2 is 2.29 bits per heavy atom. The highest BCUT2D eigenvalue weighted by atomic mass is 16.5. The summed E-state index contributed by atoms with van der Waals surface area (Å²) in [6.45, 7) is 3.62. The fraction of sp³-hybridized carbons (Fsp3) is 0.308.